The molecule has 0 fully saturated rings. The highest BCUT2D eigenvalue weighted by Gasteiger charge is 2.15. The van der Waals surface area contributed by atoms with Gasteiger partial charge in [-0.25, -0.2) is 0 Å². The number of amides is 1. The molecule has 0 radical (unpaired) electrons. The van der Waals surface area contributed by atoms with Crippen LogP contribution in [0.25, 0.3) is 0 Å². The Kier molecular flexibility index (Phi) is 15.0. The number of aryl methyl sites for hydroxylation is 1. The maximum absolute atomic E-state index is 12.1. The van der Waals surface area contributed by atoms with Crippen molar-refractivity contribution in [2.75, 3.05) is 5.32 Å². The van der Waals surface area contributed by atoms with E-state index in [1.807, 2.05) is 98.8 Å². The minimum Gasteiger partial charge on any atom is -0.402 e. The van der Waals surface area contributed by atoms with E-state index in [9.17, 15) is 4.79 Å². The molecule has 5 aromatic rings. The molecule has 248 valence electrons. The van der Waals surface area contributed by atoms with Crippen molar-refractivity contribution in [3.8, 4) is 0 Å². The number of nitrogens with two attached hydrogens (primary N) is 1. The average Bonchev–Trinajstić information content (AvgIpc) is 3.13. The van der Waals surface area contributed by atoms with Crippen LogP contribution in [0.15, 0.2) is 170 Å². The van der Waals surface area contributed by atoms with Crippen LogP contribution in [0.4, 0.5) is 5.69 Å². The molecular weight excluding hydrogens is 587 g/mol. The molecule has 4 atom stereocenters. The summed E-state index contributed by atoms with van der Waals surface area (Å²) in [6.07, 6.45) is 0. The first-order chi connectivity index (χ1) is 23.1. The third-order valence-electron chi connectivity index (χ3n) is 8.39. The highest BCUT2D eigenvalue weighted by molar-refractivity contribution is 5.95. The van der Waals surface area contributed by atoms with Crippen LogP contribution in [0.1, 0.15) is 79.3 Å². The summed E-state index contributed by atoms with van der Waals surface area (Å²) in [7, 11) is 0. The van der Waals surface area contributed by atoms with Gasteiger partial charge >= 0.3 is 0 Å². The molecule has 0 aliphatic heterocycles. The summed E-state index contributed by atoms with van der Waals surface area (Å²) in [6, 6.07) is 48.9. The highest BCUT2D eigenvalue weighted by atomic mass is 16.1. The summed E-state index contributed by atoms with van der Waals surface area (Å²) < 4.78 is 0. The normalized spacial score (nSPS) is 12.7. The monoisotopic (exact) mass is 637 g/mol. The Morgan fingerprint density at radius 1 is 0.542 bits per heavy atom. The maximum atomic E-state index is 12.1. The topological polar surface area (TPSA) is 67.2 Å². The van der Waals surface area contributed by atoms with E-state index in [1.165, 1.54) is 22.3 Å². The molecule has 0 heterocycles. The first kappa shape index (κ1) is 37.1. The van der Waals surface area contributed by atoms with Crippen LogP contribution < -0.4 is 16.4 Å². The summed E-state index contributed by atoms with van der Waals surface area (Å²) in [5.74, 6) is 0.445. The van der Waals surface area contributed by atoms with E-state index in [0.29, 0.717) is 5.92 Å². The van der Waals surface area contributed by atoms with Crippen molar-refractivity contribution in [1.82, 2.24) is 5.32 Å². The van der Waals surface area contributed by atoms with Gasteiger partial charge in [-0.1, -0.05) is 166 Å². The van der Waals surface area contributed by atoms with E-state index in [4.69, 9.17) is 5.73 Å². The molecule has 0 aliphatic rings. The summed E-state index contributed by atoms with van der Waals surface area (Å²) in [4.78, 5) is 12.1. The molecule has 5 aromatic carbocycles. The fourth-order valence-corrected chi connectivity index (χ4v) is 4.91. The van der Waals surface area contributed by atoms with Crippen LogP contribution in [-0.4, -0.2) is 5.91 Å². The summed E-state index contributed by atoms with van der Waals surface area (Å²) in [5, 5.41) is 6.43. The molecule has 0 saturated carbocycles. The van der Waals surface area contributed by atoms with E-state index < -0.39 is 0 Å². The summed E-state index contributed by atoms with van der Waals surface area (Å²) in [6.45, 7) is 18.2. The molecule has 4 N–H and O–H groups in total. The SMILES string of the molecule is C=C(N)C(C)c1ccccc1.C=C(NC(C)c1ccccc1)C(C)c1ccccc1.Cc1ccc(NC(=O)C(C)c2ccccc2)cc1. The molecule has 1 amide bonds. The van der Waals surface area contributed by atoms with Gasteiger partial charge in [0.15, 0.2) is 0 Å². The van der Waals surface area contributed by atoms with E-state index in [2.05, 4.69) is 105 Å². The van der Waals surface area contributed by atoms with E-state index >= 15 is 0 Å². The largest absolute Gasteiger partial charge is 0.402 e. The van der Waals surface area contributed by atoms with Crippen molar-refractivity contribution in [2.24, 2.45) is 5.73 Å². The van der Waals surface area contributed by atoms with Gasteiger partial charge in [0.2, 0.25) is 5.91 Å². The van der Waals surface area contributed by atoms with Gasteiger partial charge in [-0.15, -0.1) is 0 Å². The Hall–Kier alpha value is -5.35. The van der Waals surface area contributed by atoms with Gasteiger partial charge in [0.25, 0.3) is 0 Å². The molecule has 0 bridgehead atoms. The minimum absolute atomic E-state index is 0.0186. The third kappa shape index (κ3) is 12.1. The minimum atomic E-state index is -0.146. The van der Waals surface area contributed by atoms with Crippen LogP contribution in [-0.2, 0) is 4.79 Å². The first-order valence-electron chi connectivity index (χ1n) is 16.5. The number of hydrogen-bond donors (Lipinski definition) is 3. The quantitative estimate of drug-likeness (QED) is 0.143. The molecule has 5 rings (SSSR count). The number of nitrogens with one attached hydrogen (secondary N) is 2. The lowest BCUT2D eigenvalue weighted by atomic mass is 9.97. The van der Waals surface area contributed by atoms with Crippen molar-refractivity contribution >= 4 is 11.6 Å². The second-order valence-corrected chi connectivity index (χ2v) is 12.1. The van der Waals surface area contributed by atoms with Gasteiger partial charge in [-0.3, -0.25) is 4.79 Å². The lowest BCUT2D eigenvalue weighted by Crippen LogP contribution is -2.20. The molecule has 0 spiro atoms. The van der Waals surface area contributed by atoms with Gasteiger partial charge in [-0.2, -0.15) is 0 Å². The molecule has 0 saturated heterocycles. The van der Waals surface area contributed by atoms with Gasteiger partial charge in [-0.05, 0) is 55.2 Å². The number of allylic oxidation sites excluding steroid dienone is 2. The first-order valence-corrected chi connectivity index (χ1v) is 16.5. The maximum Gasteiger partial charge on any atom is 0.231 e. The molecule has 4 heteroatoms. The Morgan fingerprint density at radius 3 is 1.33 bits per heavy atom. The average molecular weight is 638 g/mol. The zero-order chi connectivity index (χ0) is 34.9. The van der Waals surface area contributed by atoms with Gasteiger partial charge in [0.1, 0.15) is 0 Å². The predicted octanol–water partition coefficient (Wildman–Crippen LogP) is 10.7. The molecule has 0 aromatic heterocycles. The van der Waals surface area contributed by atoms with Crippen LogP contribution in [0.3, 0.4) is 0 Å². The zero-order valence-corrected chi connectivity index (χ0v) is 29.1. The highest BCUT2D eigenvalue weighted by Crippen LogP contribution is 2.24. The molecule has 4 nitrogen and oxygen atoms in total. The fourth-order valence-electron chi connectivity index (χ4n) is 4.91. The molecular formula is C44H51N3O. The lowest BCUT2D eigenvalue weighted by molar-refractivity contribution is -0.117. The number of benzene rings is 5. The van der Waals surface area contributed by atoms with Crippen molar-refractivity contribution in [1.29, 1.82) is 0 Å². The lowest BCUT2D eigenvalue weighted by Gasteiger charge is -2.22. The number of carbonyl (C=O) groups excluding carboxylic acids is 1. The van der Waals surface area contributed by atoms with Gasteiger partial charge in [0.05, 0.1) is 5.92 Å². The van der Waals surface area contributed by atoms with Crippen LogP contribution in [0.2, 0.25) is 0 Å². The Bertz CT molecular complexity index is 1670. The smallest absolute Gasteiger partial charge is 0.231 e. The molecule has 48 heavy (non-hydrogen) atoms. The van der Waals surface area contributed by atoms with Gasteiger partial charge in [0, 0.05) is 35.0 Å². The number of anilines is 1. The molecule has 0 aliphatic carbocycles. The predicted molar refractivity (Wildman–Crippen MR) is 205 cm³/mol. The van der Waals surface area contributed by atoms with Crippen LogP contribution in [0, 0.1) is 6.92 Å². The Balaban J connectivity index is 0.000000203. The van der Waals surface area contributed by atoms with Crippen LogP contribution >= 0.6 is 0 Å². The molecule has 4 unspecified atom stereocenters. The second kappa shape index (κ2) is 19.3. The number of rotatable bonds is 10. The summed E-state index contributed by atoms with van der Waals surface area (Å²) >= 11 is 0. The van der Waals surface area contributed by atoms with Crippen molar-refractivity contribution in [2.45, 2.75) is 58.4 Å². The van der Waals surface area contributed by atoms with Gasteiger partial charge < -0.3 is 16.4 Å². The number of carbonyl (C=O) groups is 1. The second-order valence-electron chi connectivity index (χ2n) is 12.1. The summed E-state index contributed by atoms with van der Waals surface area (Å²) in [5.41, 5.74) is 14.2. The Morgan fingerprint density at radius 2 is 0.917 bits per heavy atom. The van der Waals surface area contributed by atoms with Crippen molar-refractivity contribution in [3.05, 3.63) is 198 Å². The third-order valence-corrected chi connectivity index (χ3v) is 8.39. The number of hydrogen-bond acceptors (Lipinski definition) is 3. The van der Waals surface area contributed by atoms with E-state index in [-0.39, 0.29) is 23.8 Å². The van der Waals surface area contributed by atoms with Crippen molar-refractivity contribution < 1.29 is 4.79 Å². The van der Waals surface area contributed by atoms with E-state index in [0.717, 1.165) is 22.6 Å². The Labute approximate surface area is 288 Å². The van der Waals surface area contributed by atoms with Crippen LogP contribution in [0.5, 0.6) is 0 Å². The van der Waals surface area contributed by atoms with Crippen molar-refractivity contribution in [3.63, 3.8) is 0 Å². The zero-order valence-electron chi connectivity index (χ0n) is 29.1. The standard InChI is InChI=1S/C18H21N.C16H17NO.C10H13N/c1-14(17-10-6-4-7-11-17)15(2)19-16(3)18-12-8-5-9-13-18;1-12-8-10-15(11-9-12)17-16(18)13(2)14-6-4-3-5-7-14;1-8(9(2)11)10-6-4-3-5-7-10/h4-14,16,19H,2H2,1,3H3;3-11,13H,1-2H3,(H,17,18);3-8H,2,11H2,1H3. The fraction of sp³-hybridized carbons (Fsp3) is 0.205. The van der Waals surface area contributed by atoms with E-state index in [1.54, 1.807) is 0 Å².